The van der Waals surface area contributed by atoms with E-state index in [1.165, 1.54) is 30.7 Å². The number of aliphatic hydroxyl groups is 1. The van der Waals surface area contributed by atoms with E-state index in [4.69, 9.17) is 4.42 Å². The first kappa shape index (κ1) is 15.6. The summed E-state index contributed by atoms with van der Waals surface area (Å²) in [5.41, 5.74) is 0.310. The summed E-state index contributed by atoms with van der Waals surface area (Å²) in [5.74, 6) is -0.152. The van der Waals surface area contributed by atoms with Crippen LogP contribution in [0.2, 0.25) is 0 Å². The molecule has 1 aromatic carbocycles. The standard InChI is InChI=1S/C16H13N3O5/c20-13(14-4-2-8-24-14)9-18-16(21)11-5-6-12(19(22)23)10-3-1-7-17-15(10)11/h1-8,13,20H,9H2,(H,18,21). The van der Waals surface area contributed by atoms with Crippen LogP contribution in [-0.2, 0) is 0 Å². The molecule has 1 atom stereocenters. The highest BCUT2D eigenvalue weighted by atomic mass is 16.6. The van der Waals surface area contributed by atoms with Crippen molar-refractivity contribution in [1.29, 1.82) is 0 Å². The van der Waals surface area contributed by atoms with Crippen LogP contribution in [-0.4, -0.2) is 27.5 Å². The lowest BCUT2D eigenvalue weighted by molar-refractivity contribution is -0.383. The van der Waals surface area contributed by atoms with Gasteiger partial charge in [-0.2, -0.15) is 0 Å². The monoisotopic (exact) mass is 327 g/mol. The van der Waals surface area contributed by atoms with Crippen molar-refractivity contribution in [2.75, 3.05) is 6.54 Å². The average Bonchev–Trinajstić information content (AvgIpc) is 3.13. The van der Waals surface area contributed by atoms with Gasteiger partial charge in [-0.15, -0.1) is 0 Å². The number of rotatable bonds is 5. The minimum Gasteiger partial charge on any atom is -0.467 e. The zero-order valence-electron chi connectivity index (χ0n) is 12.4. The molecule has 8 heteroatoms. The summed E-state index contributed by atoms with van der Waals surface area (Å²) in [7, 11) is 0. The molecular weight excluding hydrogens is 314 g/mol. The summed E-state index contributed by atoms with van der Waals surface area (Å²) in [6, 6.07) is 8.95. The zero-order valence-corrected chi connectivity index (χ0v) is 12.4. The normalized spacial score (nSPS) is 12.0. The number of fused-ring (bicyclic) bond motifs is 1. The van der Waals surface area contributed by atoms with Gasteiger partial charge >= 0.3 is 0 Å². The van der Waals surface area contributed by atoms with E-state index >= 15 is 0 Å². The molecule has 2 aromatic heterocycles. The van der Waals surface area contributed by atoms with Crippen LogP contribution in [0.5, 0.6) is 0 Å². The van der Waals surface area contributed by atoms with Crippen molar-refractivity contribution >= 4 is 22.5 Å². The molecule has 8 nitrogen and oxygen atoms in total. The van der Waals surface area contributed by atoms with Crippen LogP contribution in [0.1, 0.15) is 22.2 Å². The number of pyridine rings is 1. The molecular formula is C16H13N3O5. The smallest absolute Gasteiger partial charge is 0.278 e. The molecule has 3 rings (SSSR count). The largest absolute Gasteiger partial charge is 0.467 e. The van der Waals surface area contributed by atoms with Crippen molar-refractivity contribution in [1.82, 2.24) is 10.3 Å². The van der Waals surface area contributed by atoms with E-state index in [0.717, 1.165) is 0 Å². The number of aromatic nitrogens is 1. The number of nitrogens with zero attached hydrogens (tertiary/aromatic N) is 2. The molecule has 2 heterocycles. The molecule has 0 bridgehead atoms. The van der Waals surface area contributed by atoms with E-state index in [9.17, 15) is 20.0 Å². The Morgan fingerprint density at radius 2 is 2.17 bits per heavy atom. The van der Waals surface area contributed by atoms with Crippen LogP contribution in [0.3, 0.4) is 0 Å². The number of carbonyl (C=O) groups is 1. The van der Waals surface area contributed by atoms with Gasteiger partial charge in [-0.05, 0) is 30.3 Å². The Hall–Kier alpha value is -3.26. The Kier molecular flexibility index (Phi) is 4.21. The highest BCUT2D eigenvalue weighted by Gasteiger charge is 2.19. The van der Waals surface area contributed by atoms with Crippen LogP contribution < -0.4 is 5.32 Å². The number of non-ortho nitro benzene ring substituents is 1. The number of nitro groups is 1. The summed E-state index contributed by atoms with van der Waals surface area (Å²) < 4.78 is 5.06. The quantitative estimate of drug-likeness (QED) is 0.548. The van der Waals surface area contributed by atoms with Crippen LogP contribution in [0.25, 0.3) is 10.9 Å². The Morgan fingerprint density at radius 1 is 1.33 bits per heavy atom. The van der Waals surface area contributed by atoms with Crippen LogP contribution >= 0.6 is 0 Å². The zero-order chi connectivity index (χ0) is 17.1. The van der Waals surface area contributed by atoms with E-state index in [1.807, 2.05) is 0 Å². The van der Waals surface area contributed by atoms with E-state index < -0.39 is 16.9 Å². The number of hydrogen-bond donors (Lipinski definition) is 2. The van der Waals surface area contributed by atoms with E-state index in [0.29, 0.717) is 5.76 Å². The predicted octanol–water partition coefficient (Wildman–Crippen LogP) is 2.20. The van der Waals surface area contributed by atoms with E-state index in [2.05, 4.69) is 10.3 Å². The summed E-state index contributed by atoms with van der Waals surface area (Å²) in [6.07, 6.45) is 1.90. The van der Waals surface area contributed by atoms with Crippen molar-refractivity contribution in [3.8, 4) is 0 Å². The Balaban J connectivity index is 1.85. The van der Waals surface area contributed by atoms with Gasteiger partial charge in [-0.3, -0.25) is 19.9 Å². The maximum atomic E-state index is 12.4. The molecule has 0 fully saturated rings. The number of nitrogens with one attached hydrogen (secondary N) is 1. The maximum absolute atomic E-state index is 12.4. The van der Waals surface area contributed by atoms with Gasteiger partial charge in [-0.1, -0.05) is 0 Å². The molecule has 2 N–H and O–H groups in total. The number of aliphatic hydroxyl groups excluding tert-OH is 1. The van der Waals surface area contributed by atoms with Crippen molar-refractivity contribution in [2.24, 2.45) is 0 Å². The molecule has 0 spiro atoms. The molecule has 1 amide bonds. The SMILES string of the molecule is O=C(NCC(O)c1ccco1)c1ccc([N+](=O)[O-])c2cccnc12. The van der Waals surface area contributed by atoms with Gasteiger partial charge in [0.2, 0.25) is 0 Å². The molecule has 0 aliphatic heterocycles. The number of carbonyl (C=O) groups excluding carboxylic acids is 1. The fourth-order valence-electron chi connectivity index (χ4n) is 2.37. The summed E-state index contributed by atoms with van der Waals surface area (Å²) in [4.78, 5) is 27.0. The van der Waals surface area contributed by atoms with Crippen molar-refractivity contribution in [3.05, 3.63) is 70.3 Å². The third-order valence-electron chi connectivity index (χ3n) is 3.52. The van der Waals surface area contributed by atoms with Gasteiger partial charge in [0.05, 0.1) is 34.2 Å². The van der Waals surface area contributed by atoms with Gasteiger partial charge in [0.15, 0.2) is 0 Å². The number of nitro benzene ring substituents is 1. The van der Waals surface area contributed by atoms with Crippen LogP contribution in [0.15, 0.2) is 53.3 Å². The molecule has 24 heavy (non-hydrogen) atoms. The summed E-state index contributed by atoms with van der Waals surface area (Å²) in [5, 5.41) is 23.8. The van der Waals surface area contributed by atoms with Crippen molar-refractivity contribution in [3.63, 3.8) is 0 Å². The number of amides is 1. The first-order valence-corrected chi connectivity index (χ1v) is 7.09. The predicted molar refractivity (Wildman–Crippen MR) is 84.4 cm³/mol. The molecule has 1 unspecified atom stereocenters. The minimum atomic E-state index is -0.985. The topological polar surface area (TPSA) is 119 Å². The van der Waals surface area contributed by atoms with Crippen LogP contribution in [0.4, 0.5) is 5.69 Å². The van der Waals surface area contributed by atoms with Crippen LogP contribution in [0, 0.1) is 10.1 Å². The maximum Gasteiger partial charge on any atom is 0.278 e. The fraction of sp³-hybridized carbons (Fsp3) is 0.125. The first-order chi connectivity index (χ1) is 11.6. The third kappa shape index (κ3) is 2.95. The van der Waals surface area contributed by atoms with Gasteiger partial charge in [0.1, 0.15) is 11.9 Å². The first-order valence-electron chi connectivity index (χ1n) is 7.09. The number of furan rings is 1. The Labute approximate surface area is 135 Å². The molecule has 0 saturated heterocycles. The lowest BCUT2D eigenvalue weighted by atomic mass is 10.1. The molecule has 122 valence electrons. The summed E-state index contributed by atoms with van der Waals surface area (Å²) >= 11 is 0. The van der Waals surface area contributed by atoms with Crippen molar-refractivity contribution < 1.29 is 19.2 Å². The highest BCUT2D eigenvalue weighted by Crippen LogP contribution is 2.26. The second kappa shape index (κ2) is 6.47. The number of hydrogen-bond acceptors (Lipinski definition) is 6. The second-order valence-corrected chi connectivity index (χ2v) is 5.03. The Bertz CT molecular complexity index is 892. The molecule has 0 aliphatic carbocycles. The lowest BCUT2D eigenvalue weighted by Gasteiger charge is -2.10. The summed E-state index contributed by atoms with van der Waals surface area (Å²) in [6.45, 7) is -0.0579. The van der Waals surface area contributed by atoms with Gasteiger partial charge in [-0.25, -0.2) is 0 Å². The highest BCUT2D eigenvalue weighted by molar-refractivity contribution is 6.07. The molecule has 0 radical (unpaired) electrons. The number of benzene rings is 1. The average molecular weight is 327 g/mol. The lowest BCUT2D eigenvalue weighted by Crippen LogP contribution is -2.28. The van der Waals surface area contributed by atoms with E-state index in [-0.39, 0.29) is 28.7 Å². The Morgan fingerprint density at radius 3 is 2.88 bits per heavy atom. The van der Waals surface area contributed by atoms with Gasteiger partial charge in [0, 0.05) is 12.3 Å². The van der Waals surface area contributed by atoms with E-state index in [1.54, 1.807) is 18.2 Å². The second-order valence-electron chi connectivity index (χ2n) is 5.03. The molecule has 0 aliphatic rings. The minimum absolute atomic E-state index is 0.0579. The fourth-order valence-corrected chi connectivity index (χ4v) is 2.37. The van der Waals surface area contributed by atoms with Gasteiger partial charge in [0.25, 0.3) is 11.6 Å². The molecule has 3 aromatic rings. The van der Waals surface area contributed by atoms with Gasteiger partial charge < -0.3 is 14.8 Å². The third-order valence-corrected chi connectivity index (χ3v) is 3.52. The van der Waals surface area contributed by atoms with Crippen molar-refractivity contribution in [2.45, 2.75) is 6.10 Å². The molecule has 0 saturated carbocycles.